The van der Waals surface area contributed by atoms with E-state index in [1.165, 1.54) is 0 Å². The lowest BCUT2D eigenvalue weighted by atomic mass is 10.1. The Morgan fingerprint density at radius 3 is 2.71 bits per heavy atom. The Labute approximate surface area is 101 Å². The van der Waals surface area contributed by atoms with Crippen LogP contribution in [0.3, 0.4) is 0 Å². The van der Waals surface area contributed by atoms with Gasteiger partial charge in [0.15, 0.2) is 5.65 Å². The van der Waals surface area contributed by atoms with Crippen molar-refractivity contribution in [3.8, 4) is 0 Å². The van der Waals surface area contributed by atoms with E-state index in [1.54, 1.807) is 0 Å². The molecule has 2 aromatic heterocycles. The zero-order valence-electron chi connectivity index (χ0n) is 10.6. The number of hydrogen-bond donors (Lipinski definition) is 1. The zero-order chi connectivity index (χ0) is 12.2. The van der Waals surface area contributed by atoms with Gasteiger partial charge in [-0.25, -0.2) is 9.97 Å². The van der Waals surface area contributed by atoms with Crippen molar-refractivity contribution in [2.24, 2.45) is 12.8 Å². The molecule has 0 saturated heterocycles. The summed E-state index contributed by atoms with van der Waals surface area (Å²) in [5.41, 5.74) is 9.23. The minimum Gasteiger partial charge on any atom is -0.321 e. The van der Waals surface area contributed by atoms with Crippen molar-refractivity contribution in [3.63, 3.8) is 0 Å². The van der Waals surface area contributed by atoms with Crippen molar-refractivity contribution >= 4 is 11.2 Å². The maximum absolute atomic E-state index is 6.29. The fraction of sp³-hybridized carbons (Fsp3) is 0.538. The lowest BCUT2D eigenvalue weighted by Gasteiger charge is -2.08. The Hall–Kier alpha value is -1.42. The van der Waals surface area contributed by atoms with Crippen molar-refractivity contribution < 1.29 is 0 Å². The Balaban J connectivity index is 2.29. The van der Waals surface area contributed by atoms with Gasteiger partial charge in [0.25, 0.3) is 0 Å². The van der Waals surface area contributed by atoms with Crippen LogP contribution in [0.4, 0.5) is 0 Å². The number of fused-ring (bicyclic) bond motifs is 1. The molecule has 0 atom stereocenters. The van der Waals surface area contributed by atoms with E-state index in [4.69, 9.17) is 10.7 Å². The molecule has 0 aromatic carbocycles. The summed E-state index contributed by atoms with van der Waals surface area (Å²) in [5.74, 6) is 1.47. The predicted octanol–water partition coefficient (Wildman–Crippen LogP) is 2.04. The predicted molar refractivity (Wildman–Crippen MR) is 67.7 cm³/mol. The molecule has 2 aromatic rings. The van der Waals surface area contributed by atoms with Gasteiger partial charge in [0, 0.05) is 30.3 Å². The van der Waals surface area contributed by atoms with Gasteiger partial charge in [-0.05, 0) is 18.9 Å². The number of nitrogens with zero attached hydrogens (tertiary/aromatic N) is 3. The summed E-state index contributed by atoms with van der Waals surface area (Å²) in [4.78, 5) is 9.17. The summed E-state index contributed by atoms with van der Waals surface area (Å²) in [6, 6.07) is 2.02. The molecule has 0 aliphatic heterocycles. The first-order valence-corrected chi connectivity index (χ1v) is 6.13. The van der Waals surface area contributed by atoms with Crippen LogP contribution in [0.25, 0.3) is 11.2 Å². The molecular weight excluding hydrogens is 212 g/mol. The van der Waals surface area contributed by atoms with Gasteiger partial charge in [0.05, 0.1) is 0 Å². The fourth-order valence-corrected chi connectivity index (χ4v) is 2.42. The Morgan fingerprint density at radius 2 is 2.12 bits per heavy atom. The minimum absolute atomic E-state index is 0.149. The lowest BCUT2D eigenvalue weighted by molar-refractivity contribution is 0.718. The average molecular weight is 230 g/mol. The van der Waals surface area contributed by atoms with Crippen LogP contribution in [0.15, 0.2) is 12.3 Å². The molecule has 2 N–H and O–H groups in total. The van der Waals surface area contributed by atoms with Crippen molar-refractivity contribution in [1.29, 1.82) is 0 Å². The highest BCUT2D eigenvalue weighted by molar-refractivity contribution is 5.77. The van der Waals surface area contributed by atoms with Gasteiger partial charge >= 0.3 is 0 Å². The quantitative estimate of drug-likeness (QED) is 0.859. The average Bonchev–Trinajstić information content (AvgIpc) is 2.94. The highest BCUT2D eigenvalue weighted by Crippen LogP contribution is 2.44. The zero-order valence-corrected chi connectivity index (χ0v) is 10.6. The van der Waals surface area contributed by atoms with Crippen molar-refractivity contribution in [1.82, 2.24) is 14.5 Å². The highest BCUT2D eigenvalue weighted by atomic mass is 15.1. The largest absolute Gasteiger partial charge is 0.321 e. The molecule has 0 unspecified atom stereocenters. The Kier molecular flexibility index (Phi) is 2.08. The third-order valence-corrected chi connectivity index (χ3v) is 3.63. The topological polar surface area (TPSA) is 56.7 Å². The summed E-state index contributed by atoms with van der Waals surface area (Å²) in [5, 5.41) is 0. The Morgan fingerprint density at radius 1 is 1.41 bits per heavy atom. The second-order valence-electron chi connectivity index (χ2n) is 5.37. The number of nitrogens with two attached hydrogens (primary N) is 1. The fourth-order valence-electron chi connectivity index (χ4n) is 2.42. The van der Waals surface area contributed by atoms with E-state index in [0.29, 0.717) is 5.92 Å². The first-order valence-electron chi connectivity index (χ1n) is 6.13. The van der Waals surface area contributed by atoms with E-state index in [0.717, 1.165) is 35.4 Å². The van der Waals surface area contributed by atoms with E-state index in [1.807, 2.05) is 19.3 Å². The first kappa shape index (κ1) is 10.7. The summed E-state index contributed by atoms with van der Waals surface area (Å²) >= 11 is 0. The van der Waals surface area contributed by atoms with Crippen LogP contribution in [0.2, 0.25) is 0 Å². The molecule has 1 fully saturated rings. The second kappa shape index (κ2) is 3.29. The SMILES string of the molecule is CC(C)c1nc2c(C3(N)CC3)ccnc2n1C. The maximum atomic E-state index is 6.29. The highest BCUT2D eigenvalue weighted by Gasteiger charge is 2.42. The number of pyridine rings is 1. The third kappa shape index (κ3) is 1.47. The monoisotopic (exact) mass is 230 g/mol. The molecule has 0 radical (unpaired) electrons. The van der Waals surface area contributed by atoms with Gasteiger partial charge in [0.2, 0.25) is 0 Å². The molecular formula is C13H18N4. The van der Waals surface area contributed by atoms with Crippen molar-refractivity contribution in [2.75, 3.05) is 0 Å². The van der Waals surface area contributed by atoms with E-state index in [9.17, 15) is 0 Å². The van der Waals surface area contributed by atoms with Crippen LogP contribution >= 0.6 is 0 Å². The molecule has 4 heteroatoms. The number of hydrogen-bond acceptors (Lipinski definition) is 3. The van der Waals surface area contributed by atoms with Gasteiger partial charge in [-0.2, -0.15) is 0 Å². The normalized spacial score (nSPS) is 17.9. The molecule has 1 saturated carbocycles. The van der Waals surface area contributed by atoms with Crippen LogP contribution < -0.4 is 5.73 Å². The molecule has 0 bridgehead atoms. The molecule has 1 aliphatic rings. The summed E-state index contributed by atoms with van der Waals surface area (Å²) in [6.45, 7) is 4.30. The van der Waals surface area contributed by atoms with E-state index >= 15 is 0 Å². The van der Waals surface area contributed by atoms with Crippen LogP contribution in [-0.4, -0.2) is 14.5 Å². The number of aryl methyl sites for hydroxylation is 1. The van der Waals surface area contributed by atoms with Crippen molar-refractivity contribution in [2.45, 2.75) is 38.1 Å². The second-order valence-corrected chi connectivity index (χ2v) is 5.37. The van der Waals surface area contributed by atoms with E-state index < -0.39 is 0 Å². The molecule has 1 aliphatic carbocycles. The molecule has 0 amide bonds. The van der Waals surface area contributed by atoms with Gasteiger partial charge in [-0.1, -0.05) is 13.8 Å². The van der Waals surface area contributed by atoms with Crippen LogP contribution in [0.5, 0.6) is 0 Å². The smallest absolute Gasteiger partial charge is 0.160 e. The van der Waals surface area contributed by atoms with Gasteiger partial charge in [-0.3, -0.25) is 0 Å². The minimum atomic E-state index is -0.149. The first-order chi connectivity index (χ1) is 8.03. The molecule has 3 rings (SSSR count). The van der Waals surface area contributed by atoms with Crippen molar-refractivity contribution in [3.05, 3.63) is 23.7 Å². The van der Waals surface area contributed by atoms with E-state index in [-0.39, 0.29) is 5.54 Å². The van der Waals surface area contributed by atoms with Gasteiger partial charge in [0.1, 0.15) is 11.3 Å². The summed E-state index contributed by atoms with van der Waals surface area (Å²) in [6.07, 6.45) is 3.95. The standard InChI is InChI=1S/C13H18N4/c1-8(2)11-16-10-9(13(14)5-6-13)4-7-15-12(10)17(11)3/h4,7-8H,5-6,14H2,1-3H3. The molecule has 2 heterocycles. The lowest BCUT2D eigenvalue weighted by Crippen LogP contribution is -2.19. The number of rotatable bonds is 2. The van der Waals surface area contributed by atoms with Crippen LogP contribution in [0, 0.1) is 0 Å². The van der Waals surface area contributed by atoms with Gasteiger partial charge < -0.3 is 10.3 Å². The van der Waals surface area contributed by atoms with Crippen LogP contribution in [0.1, 0.15) is 44.0 Å². The summed E-state index contributed by atoms with van der Waals surface area (Å²) in [7, 11) is 2.03. The summed E-state index contributed by atoms with van der Waals surface area (Å²) < 4.78 is 2.08. The third-order valence-electron chi connectivity index (χ3n) is 3.63. The molecule has 17 heavy (non-hydrogen) atoms. The van der Waals surface area contributed by atoms with Crippen LogP contribution in [-0.2, 0) is 12.6 Å². The molecule has 0 spiro atoms. The van der Waals surface area contributed by atoms with E-state index in [2.05, 4.69) is 23.4 Å². The molecule has 90 valence electrons. The maximum Gasteiger partial charge on any atom is 0.160 e. The van der Waals surface area contributed by atoms with Gasteiger partial charge in [-0.15, -0.1) is 0 Å². The number of imidazole rings is 1. The number of aromatic nitrogens is 3. The Bertz CT molecular complexity index is 578. The molecule has 4 nitrogen and oxygen atoms in total.